The Balaban J connectivity index is 1.62. The number of para-hydroxylation sites is 1. The van der Waals surface area contributed by atoms with E-state index in [1.807, 2.05) is 36.5 Å². The minimum Gasteiger partial charge on any atom is -0.361 e. The maximum Gasteiger partial charge on any atom is 0.224 e. The monoisotopic (exact) mass is 306 g/mol. The molecule has 118 valence electrons. The van der Waals surface area contributed by atoms with Gasteiger partial charge in [0, 0.05) is 29.2 Å². The summed E-state index contributed by atoms with van der Waals surface area (Å²) < 4.78 is 0. The summed E-state index contributed by atoms with van der Waals surface area (Å²) in [6, 6.07) is 16.2. The second-order valence-corrected chi connectivity index (χ2v) is 6.19. The fraction of sp³-hybridized carbons (Fsp3) is 0.250. The highest BCUT2D eigenvalue weighted by molar-refractivity contribution is 5.91. The number of rotatable bonds is 5. The molecule has 1 aromatic heterocycles. The molecular formula is C20H22N2O. The summed E-state index contributed by atoms with van der Waals surface area (Å²) in [7, 11) is 0. The van der Waals surface area contributed by atoms with Crippen LogP contribution in [-0.2, 0) is 11.2 Å². The molecule has 3 aromatic rings. The first kappa shape index (κ1) is 15.3. The molecule has 0 aliphatic heterocycles. The molecule has 0 spiro atoms. The van der Waals surface area contributed by atoms with Gasteiger partial charge in [0.05, 0.1) is 0 Å². The zero-order valence-electron chi connectivity index (χ0n) is 13.6. The standard InChI is InChI=1S/C20H22N2O/c1-14(2)15-6-5-7-17(12-15)22-20(23)11-10-16-13-21-19-9-4-3-8-18(16)19/h3-9,12-14,21H,10-11H2,1-2H3,(H,22,23). The predicted molar refractivity (Wildman–Crippen MR) is 95.8 cm³/mol. The fourth-order valence-corrected chi connectivity index (χ4v) is 2.79. The number of nitrogens with one attached hydrogen (secondary N) is 2. The fourth-order valence-electron chi connectivity index (χ4n) is 2.79. The zero-order valence-corrected chi connectivity index (χ0v) is 13.6. The van der Waals surface area contributed by atoms with E-state index in [9.17, 15) is 4.79 Å². The summed E-state index contributed by atoms with van der Waals surface area (Å²) in [5, 5.41) is 4.19. The number of carbonyl (C=O) groups is 1. The van der Waals surface area contributed by atoms with Gasteiger partial charge in [0.1, 0.15) is 0 Å². The normalized spacial score (nSPS) is 11.1. The number of hydrogen-bond acceptors (Lipinski definition) is 1. The maximum atomic E-state index is 12.2. The first-order valence-electron chi connectivity index (χ1n) is 8.08. The van der Waals surface area contributed by atoms with E-state index in [1.54, 1.807) is 0 Å². The third-order valence-electron chi connectivity index (χ3n) is 4.13. The number of H-pyrrole nitrogens is 1. The van der Waals surface area contributed by atoms with Crippen molar-refractivity contribution < 1.29 is 4.79 Å². The average Bonchev–Trinajstić information content (AvgIpc) is 2.96. The third kappa shape index (κ3) is 3.62. The molecule has 0 aliphatic carbocycles. The van der Waals surface area contributed by atoms with Crippen LogP contribution < -0.4 is 5.32 Å². The smallest absolute Gasteiger partial charge is 0.224 e. The predicted octanol–water partition coefficient (Wildman–Crippen LogP) is 4.86. The van der Waals surface area contributed by atoms with Gasteiger partial charge in [0.15, 0.2) is 0 Å². The Hall–Kier alpha value is -2.55. The van der Waals surface area contributed by atoms with Gasteiger partial charge < -0.3 is 10.3 Å². The van der Waals surface area contributed by atoms with E-state index in [2.05, 4.69) is 42.3 Å². The highest BCUT2D eigenvalue weighted by atomic mass is 16.1. The number of aromatic nitrogens is 1. The summed E-state index contributed by atoms with van der Waals surface area (Å²) in [4.78, 5) is 15.5. The minimum absolute atomic E-state index is 0.0520. The molecule has 0 fully saturated rings. The number of aromatic amines is 1. The van der Waals surface area contributed by atoms with Crippen molar-refractivity contribution in [2.24, 2.45) is 0 Å². The molecular weight excluding hydrogens is 284 g/mol. The highest BCUT2D eigenvalue weighted by Crippen LogP contribution is 2.20. The maximum absolute atomic E-state index is 12.2. The molecule has 0 aliphatic rings. The van der Waals surface area contributed by atoms with Crippen LogP contribution in [0.3, 0.4) is 0 Å². The van der Waals surface area contributed by atoms with Gasteiger partial charge >= 0.3 is 0 Å². The highest BCUT2D eigenvalue weighted by Gasteiger charge is 2.08. The lowest BCUT2D eigenvalue weighted by atomic mass is 10.0. The molecule has 2 N–H and O–H groups in total. The van der Waals surface area contributed by atoms with Crippen LogP contribution >= 0.6 is 0 Å². The zero-order chi connectivity index (χ0) is 16.2. The summed E-state index contributed by atoms with van der Waals surface area (Å²) >= 11 is 0. The Morgan fingerprint density at radius 3 is 2.78 bits per heavy atom. The number of anilines is 1. The van der Waals surface area contributed by atoms with E-state index in [4.69, 9.17) is 0 Å². The van der Waals surface area contributed by atoms with Crippen LogP contribution in [0.2, 0.25) is 0 Å². The van der Waals surface area contributed by atoms with E-state index >= 15 is 0 Å². The second-order valence-electron chi connectivity index (χ2n) is 6.19. The SMILES string of the molecule is CC(C)c1cccc(NC(=O)CCc2c[nH]c3ccccc23)c1. The molecule has 1 amide bonds. The van der Waals surface area contributed by atoms with Gasteiger partial charge in [-0.2, -0.15) is 0 Å². The first-order valence-corrected chi connectivity index (χ1v) is 8.08. The number of fused-ring (bicyclic) bond motifs is 1. The molecule has 0 radical (unpaired) electrons. The van der Waals surface area contributed by atoms with E-state index in [0.29, 0.717) is 12.3 Å². The summed E-state index contributed by atoms with van der Waals surface area (Å²) in [6.45, 7) is 4.30. The van der Waals surface area contributed by atoms with E-state index in [-0.39, 0.29) is 5.91 Å². The topological polar surface area (TPSA) is 44.9 Å². The largest absolute Gasteiger partial charge is 0.361 e. The summed E-state index contributed by atoms with van der Waals surface area (Å²) in [6.07, 6.45) is 3.21. The summed E-state index contributed by atoms with van der Waals surface area (Å²) in [5.41, 5.74) is 4.42. The van der Waals surface area contributed by atoms with Crippen LogP contribution in [0.25, 0.3) is 10.9 Å². The van der Waals surface area contributed by atoms with Crippen LogP contribution in [0, 0.1) is 0 Å². The number of aryl methyl sites for hydroxylation is 1. The number of hydrogen-bond donors (Lipinski definition) is 2. The Labute approximate surface area is 136 Å². The molecule has 3 rings (SSSR count). The number of benzene rings is 2. The first-order chi connectivity index (χ1) is 11.1. The lowest BCUT2D eigenvalue weighted by Gasteiger charge is -2.09. The summed E-state index contributed by atoms with van der Waals surface area (Å²) in [5.74, 6) is 0.509. The van der Waals surface area contributed by atoms with E-state index in [0.717, 1.165) is 17.6 Å². The van der Waals surface area contributed by atoms with Crippen molar-refractivity contribution in [3.05, 3.63) is 65.9 Å². The third-order valence-corrected chi connectivity index (χ3v) is 4.13. The van der Waals surface area contributed by atoms with Gasteiger partial charge in [-0.15, -0.1) is 0 Å². The van der Waals surface area contributed by atoms with Gasteiger partial charge in [-0.25, -0.2) is 0 Å². The van der Waals surface area contributed by atoms with Gasteiger partial charge in [0.2, 0.25) is 5.91 Å². The van der Waals surface area contributed by atoms with Crippen molar-refractivity contribution in [2.75, 3.05) is 5.32 Å². The quantitative estimate of drug-likeness (QED) is 0.694. The van der Waals surface area contributed by atoms with Gasteiger partial charge in [0.25, 0.3) is 0 Å². The minimum atomic E-state index is 0.0520. The molecule has 3 heteroatoms. The van der Waals surface area contributed by atoms with Crippen molar-refractivity contribution >= 4 is 22.5 Å². The van der Waals surface area contributed by atoms with Crippen LogP contribution in [-0.4, -0.2) is 10.9 Å². The molecule has 2 aromatic carbocycles. The lowest BCUT2D eigenvalue weighted by molar-refractivity contribution is -0.116. The van der Waals surface area contributed by atoms with Gasteiger partial charge in [-0.1, -0.05) is 44.2 Å². The molecule has 0 saturated heterocycles. The Morgan fingerprint density at radius 1 is 1.13 bits per heavy atom. The van der Waals surface area contributed by atoms with E-state index < -0.39 is 0 Å². The van der Waals surface area contributed by atoms with Crippen molar-refractivity contribution in [1.82, 2.24) is 4.98 Å². The number of amides is 1. The molecule has 0 atom stereocenters. The van der Waals surface area contributed by atoms with Crippen molar-refractivity contribution in [1.29, 1.82) is 0 Å². The molecule has 3 nitrogen and oxygen atoms in total. The molecule has 0 unspecified atom stereocenters. The van der Waals surface area contributed by atoms with Crippen LogP contribution in [0.1, 0.15) is 37.3 Å². The Morgan fingerprint density at radius 2 is 1.96 bits per heavy atom. The molecule has 0 saturated carbocycles. The second kappa shape index (κ2) is 6.69. The van der Waals surface area contributed by atoms with Crippen LogP contribution in [0.15, 0.2) is 54.7 Å². The Kier molecular flexibility index (Phi) is 4.47. The molecule has 23 heavy (non-hydrogen) atoms. The average molecular weight is 306 g/mol. The molecule has 1 heterocycles. The van der Waals surface area contributed by atoms with Crippen molar-refractivity contribution in [3.8, 4) is 0 Å². The molecule has 0 bridgehead atoms. The van der Waals surface area contributed by atoms with Crippen molar-refractivity contribution in [2.45, 2.75) is 32.6 Å². The van der Waals surface area contributed by atoms with Crippen LogP contribution in [0.4, 0.5) is 5.69 Å². The van der Waals surface area contributed by atoms with Crippen molar-refractivity contribution in [3.63, 3.8) is 0 Å². The van der Waals surface area contributed by atoms with E-state index in [1.165, 1.54) is 16.5 Å². The van der Waals surface area contributed by atoms with Gasteiger partial charge in [-0.3, -0.25) is 4.79 Å². The lowest BCUT2D eigenvalue weighted by Crippen LogP contribution is -2.12. The number of carbonyl (C=O) groups excluding carboxylic acids is 1. The van der Waals surface area contributed by atoms with Crippen LogP contribution in [0.5, 0.6) is 0 Å². The van der Waals surface area contributed by atoms with Gasteiger partial charge in [-0.05, 0) is 41.7 Å². The Bertz CT molecular complexity index is 817.